The zero-order chi connectivity index (χ0) is 11.4. The van der Waals surface area contributed by atoms with Crippen LogP contribution in [-0.2, 0) is 0 Å². The minimum Gasteiger partial charge on any atom is -0.396 e. The van der Waals surface area contributed by atoms with Crippen molar-refractivity contribution in [2.24, 2.45) is 0 Å². The molecule has 0 saturated carbocycles. The zero-order valence-electron chi connectivity index (χ0n) is 10.1. The molecule has 15 heavy (non-hydrogen) atoms. The van der Waals surface area contributed by atoms with Gasteiger partial charge in [-0.2, -0.15) is 0 Å². The Labute approximate surface area is 92.3 Å². The Morgan fingerprint density at radius 2 is 2.20 bits per heavy atom. The molecule has 0 fully saturated rings. The summed E-state index contributed by atoms with van der Waals surface area (Å²) < 4.78 is 0. The number of rotatable bonds is 4. The molecule has 84 valence electrons. The van der Waals surface area contributed by atoms with Gasteiger partial charge < -0.3 is 10.6 Å². The maximum Gasteiger partial charge on any atom is 0.151 e. The van der Waals surface area contributed by atoms with Gasteiger partial charge >= 0.3 is 0 Å². The third kappa shape index (κ3) is 2.85. The van der Waals surface area contributed by atoms with Crippen LogP contribution in [0.25, 0.3) is 0 Å². The van der Waals surface area contributed by atoms with Crippen LogP contribution in [0.1, 0.15) is 32.3 Å². The molecule has 0 amide bonds. The lowest BCUT2D eigenvalue weighted by molar-refractivity contribution is 0.612. The summed E-state index contributed by atoms with van der Waals surface area (Å²) in [6, 6.07) is 2.45. The van der Waals surface area contributed by atoms with Crippen molar-refractivity contribution in [2.75, 3.05) is 17.7 Å². The molecule has 2 N–H and O–H groups in total. The summed E-state index contributed by atoms with van der Waals surface area (Å²) >= 11 is 0. The zero-order valence-corrected chi connectivity index (χ0v) is 10.1. The van der Waals surface area contributed by atoms with E-state index in [0.717, 1.165) is 23.5 Å². The molecular weight excluding hydrogens is 186 g/mol. The van der Waals surface area contributed by atoms with E-state index in [1.54, 1.807) is 0 Å². The average molecular weight is 207 g/mol. The van der Waals surface area contributed by atoms with Crippen LogP contribution in [0.2, 0.25) is 0 Å². The lowest BCUT2D eigenvalue weighted by atomic mass is 10.1. The predicted octanol–water partition coefficient (Wildman–Crippen LogP) is 2.60. The van der Waals surface area contributed by atoms with Crippen LogP contribution in [0.5, 0.6) is 0 Å². The minimum absolute atomic E-state index is 0.479. The Kier molecular flexibility index (Phi) is 3.95. The Morgan fingerprint density at radius 1 is 1.53 bits per heavy atom. The Bertz CT molecular complexity index is 323. The molecular formula is C12H21N3. The number of nitrogen functional groups attached to an aromatic ring is 1. The third-order valence-corrected chi connectivity index (χ3v) is 2.73. The van der Waals surface area contributed by atoms with Gasteiger partial charge in [-0.1, -0.05) is 13.3 Å². The summed E-state index contributed by atoms with van der Waals surface area (Å²) in [7, 11) is 2.05. The van der Waals surface area contributed by atoms with Crippen molar-refractivity contribution in [3.05, 3.63) is 17.8 Å². The SMILES string of the molecule is CCCC(C)N(C)c1ncc(C)cc1N. The first-order valence-corrected chi connectivity index (χ1v) is 5.51. The lowest BCUT2D eigenvalue weighted by Crippen LogP contribution is -2.30. The van der Waals surface area contributed by atoms with Crippen molar-refractivity contribution in [1.29, 1.82) is 0 Å². The van der Waals surface area contributed by atoms with Gasteiger partial charge in [0.25, 0.3) is 0 Å². The van der Waals surface area contributed by atoms with Gasteiger partial charge in [0, 0.05) is 19.3 Å². The molecule has 1 aromatic rings. The predicted molar refractivity (Wildman–Crippen MR) is 66.2 cm³/mol. The van der Waals surface area contributed by atoms with E-state index in [4.69, 9.17) is 5.73 Å². The first-order chi connectivity index (χ1) is 7.06. The first-order valence-electron chi connectivity index (χ1n) is 5.51. The molecule has 0 aromatic carbocycles. The standard InChI is InChI=1S/C12H21N3/c1-5-6-10(3)15(4)12-11(13)7-9(2)8-14-12/h7-8,10H,5-6,13H2,1-4H3. The van der Waals surface area contributed by atoms with Crippen LogP contribution in [0, 0.1) is 6.92 Å². The van der Waals surface area contributed by atoms with Gasteiger partial charge in [0.1, 0.15) is 0 Å². The van der Waals surface area contributed by atoms with Crippen molar-refractivity contribution in [2.45, 2.75) is 39.7 Å². The first kappa shape index (κ1) is 11.8. The monoisotopic (exact) mass is 207 g/mol. The van der Waals surface area contributed by atoms with Crippen molar-refractivity contribution < 1.29 is 0 Å². The highest BCUT2D eigenvalue weighted by molar-refractivity contribution is 5.63. The molecule has 0 spiro atoms. The number of hydrogen-bond donors (Lipinski definition) is 1. The molecule has 0 saturated heterocycles. The molecule has 3 heteroatoms. The van der Waals surface area contributed by atoms with Crippen LogP contribution in [0.3, 0.4) is 0 Å². The van der Waals surface area contributed by atoms with Gasteiger partial charge in [0.05, 0.1) is 5.69 Å². The second kappa shape index (κ2) is 5.01. The van der Waals surface area contributed by atoms with E-state index in [-0.39, 0.29) is 0 Å². The van der Waals surface area contributed by atoms with Gasteiger partial charge in [0.2, 0.25) is 0 Å². The maximum absolute atomic E-state index is 5.95. The second-order valence-electron chi connectivity index (χ2n) is 4.17. The molecule has 1 unspecified atom stereocenters. The smallest absolute Gasteiger partial charge is 0.151 e. The van der Waals surface area contributed by atoms with Crippen molar-refractivity contribution in [3.63, 3.8) is 0 Å². The van der Waals surface area contributed by atoms with Crippen LogP contribution in [-0.4, -0.2) is 18.1 Å². The van der Waals surface area contributed by atoms with Crippen molar-refractivity contribution in [3.8, 4) is 0 Å². The maximum atomic E-state index is 5.95. The summed E-state index contributed by atoms with van der Waals surface area (Å²) in [6.45, 7) is 6.39. The Balaban J connectivity index is 2.86. The second-order valence-corrected chi connectivity index (χ2v) is 4.17. The fraction of sp³-hybridized carbons (Fsp3) is 0.583. The number of nitrogens with zero attached hydrogens (tertiary/aromatic N) is 2. The number of aromatic nitrogens is 1. The Morgan fingerprint density at radius 3 is 2.73 bits per heavy atom. The summed E-state index contributed by atoms with van der Waals surface area (Å²) in [5, 5.41) is 0. The molecule has 0 aliphatic heterocycles. The van der Waals surface area contributed by atoms with Crippen LogP contribution < -0.4 is 10.6 Å². The molecule has 1 atom stereocenters. The fourth-order valence-electron chi connectivity index (χ4n) is 1.70. The molecule has 3 nitrogen and oxygen atoms in total. The molecule has 0 bridgehead atoms. The van der Waals surface area contributed by atoms with E-state index in [2.05, 4.69) is 23.7 Å². The van der Waals surface area contributed by atoms with E-state index >= 15 is 0 Å². The van der Waals surface area contributed by atoms with Gasteiger partial charge in [-0.15, -0.1) is 0 Å². The topological polar surface area (TPSA) is 42.2 Å². The summed E-state index contributed by atoms with van der Waals surface area (Å²) in [4.78, 5) is 6.53. The quantitative estimate of drug-likeness (QED) is 0.825. The highest BCUT2D eigenvalue weighted by Crippen LogP contribution is 2.22. The van der Waals surface area contributed by atoms with Crippen LogP contribution >= 0.6 is 0 Å². The van der Waals surface area contributed by atoms with E-state index in [0.29, 0.717) is 6.04 Å². The molecule has 1 aromatic heterocycles. The normalized spacial score (nSPS) is 12.5. The van der Waals surface area contributed by atoms with Crippen LogP contribution in [0.4, 0.5) is 11.5 Å². The lowest BCUT2D eigenvalue weighted by Gasteiger charge is -2.26. The van der Waals surface area contributed by atoms with Gasteiger partial charge in [-0.05, 0) is 31.9 Å². The summed E-state index contributed by atoms with van der Waals surface area (Å²) in [5.41, 5.74) is 7.82. The van der Waals surface area contributed by atoms with Crippen molar-refractivity contribution >= 4 is 11.5 Å². The molecule has 0 aliphatic carbocycles. The van der Waals surface area contributed by atoms with Gasteiger partial charge in [-0.3, -0.25) is 0 Å². The average Bonchev–Trinajstić information content (AvgIpc) is 2.17. The summed E-state index contributed by atoms with van der Waals surface area (Å²) in [6.07, 6.45) is 4.20. The molecule has 1 heterocycles. The van der Waals surface area contributed by atoms with Crippen LogP contribution in [0.15, 0.2) is 12.3 Å². The van der Waals surface area contributed by atoms with E-state index in [1.165, 1.54) is 6.42 Å². The van der Waals surface area contributed by atoms with Gasteiger partial charge in [-0.25, -0.2) is 4.98 Å². The number of nitrogens with two attached hydrogens (primary N) is 1. The number of anilines is 2. The molecule has 0 aliphatic rings. The van der Waals surface area contributed by atoms with Crippen molar-refractivity contribution in [1.82, 2.24) is 4.98 Å². The third-order valence-electron chi connectivity index (χ3n) is 2.73. The number of aryl methyl sites for hydroxylation is 1. The number of hydrogen-bond acceptors (Lipinski definition) is 3. The highest BCUT2D eigenvalue weighted by atomic mass is 15.2. The van der Waals surface area contributed by atoms with Gasteiger partial charge in [0.15, 0.2) is 5.82 Å². The largest absolute Gasteiger partial charge is 0.396 e. The van der Waals surface area contributed by atoms with E-state index < -0.39 is 0 Å². The Hall–Kier alpha value is -1.25. The molecule has 1 rings (SSSR count). The van der Waals surface area contributed by atoms with E-state index in [1.807, 2.05) is 26.2 Å². The minimum atomic E-state index is 0.479. The number of pyridine rings is 1. The highest BCUT2D eigenvalue weighted by Gasteiger charge is 2.12. The summed E-state index contributed by atoms with van der Waals surface area (Å²) in [5.74, 6) is 0.890. The van der Waals surface area contributed by atoms with E-state index in [9.17, 15) is 0 Å². The fourth-order valence-corrected chi connectivity index (χ4v) is 1.70. The molecule has 0 radical (unpaired) electrons.